The molecule has 0 radical (unpaired) electrons. The monoisotopic (exact) mass is 246 g/mol. The van der Waals surface area contributed by atoms with Crippen LogP contribution in [0.3, 0.4) is 0 Å². The van der Waals surface area contributed by atoms with Gasteiger partial charge in [0.05, 0.1) is 6.10 Å². The quantitative estimate of drug-likeness (QED) is 0.848. The largest absolute Gasteiger partial charge is 0.388 e. The molecular formula is C15H15ClO. The number of aliphatic hydroxyl groups is 1. The van der Waals surface area contributed by atoms with Crippen molar-refractivity contribution in [3.63, 3.8) is 0 Å². The van der Waals surface area contributed by atoms with Gasteiger partial charge in [-0.15, -0.1) is 0 Å². The van der Waals surface area contributed by atoms with Gasteiger partial charge in [-0.1, -0.05) is 54.9 Å². The molecule has 17 heavy (non-hydrogen) atoms. The van der Waals surface area contributed by atoms with E-state index < -0.39 is 0 Å². The Morgan fingerprint density at radius 1 is 0.941 bits per heavy atom. The first-order valence-electron chi connectivity index (χ1n) is 5.74. The zero-order chi connectivity index (χ0) is 12.3. The smallest absolute Gasteiger partial charge is 0.0787 e. The maximum atomic E-state index is 9.71. The Hall–Kier alpha value is -1.31. The molecule has 2 rings (SSSR count). The predicted octanol–water partition coefficient (Wildman–Crippen LogP) is 4.45. The topological polar surface area (TPSA) is 20.2 Å². The molecule has 0 bridgehead atoms. The van der Waals surface area contributed by atoms with Crippen molar-refractivity contribution >= 4 is 11.6 Å². The number of hydrogen-bond acceptors (Lipinski definition) is 1. The summed E-state index contributed by atoms with van der Waals surface area (Å²) >= 11 is 5.85. The van der Waals surface area contributed by atoms with Crippen LogP contribution in [0, 0.1) is 0 Å². The summed E-state index contributed by atoms with van der Waals surface area (Å²) < 4.78 is 0. The second kappa shape index (κ2) is 5.35. The van der Waals surface area contributed by atoms with Gasteiger partial charge in [0, 0.05) is 5.02 Å². The molecule has 1 N–H and O–H groups in total. The molecule has 1 nitrogen and oxygen atoms in total. The molecule has 0 spiro atoms. The van der Waals surface area contributed by atoms with Crippen LogP contribution in [0.1, 0.15) is 25.0 Å². The number of halogens is 1. The van der Waals surface area contributed by atoms with Crippen molar-refractivity contribution < 1.29 is 5.11 Å². The van der Waals surface area contributed by atoms with E-state index in [0.717, 1.165) is 28.1 Å². The van der Waals surface area contributed by atoms with Crippen LogP contribution in [0.5, 0.6) is 0 Å². The minimum Gasteiger partial charge on any atom is -0.388 e. The molecule has 0 heterocycles. The molecular weight excluding hydrogens is 232 g/mol. The van der Waals surface area contributed by atoms with E-state index >= 15 is 0 Å². The zero-order valence-corrected chi connectivity index (χ0v) is 10.5. The van der Waals surface area contributed by atoms with Crippen molar-refractivity contribution in [3.05, 3.63) is 59.1 Å². The second-order valence-corrected chi connectivity index (χ2v) is 4.49. The summed E-state index contributed by atoms with van der Waals surface area (Å²) in [6.45, 7) is 1.97. The van der Waals surface area contributed by atoms with Crippen molar-refractivity contribution in [2.75, 3.05) is 0 Å². The highest BCUT2D eigenvalue weighted by molar-refractivity contribution is 6.30. The molecule has 0 saturated heterocycles. The fourth-order valence-corrected chi connectivity index (χ4v) is 1.90. The molecule has 2 heteroatoms. The normalized spacial score (nSPS) is 12.4. The van der Waals surface area contributed by atoms with E-state index in [1.165, 1.54) is 0 Å². The van der Waals surface area contributed by atoms with E-state index in [9.17, 15) is 5.11 Å². The average Bonchev–Trinajstić information content (AvgIpc) is 2.39. The molecule has 2 aromatic carbocycles. The first-order chi connectivity index (χ1) is 8.20. The molecule has 0 amide bonds. The van der Waals surface area contributed by atoms with Crippen molar-refractivity contribution in [1.29, 1.82) is 0 Å². The molecule has 0 saturated carbocycles. The first-order valence-corrected chi connectivity index (χ1v) is 6.12. The average molecular weight is 247 g/mol. The predicted molar refractivity (Wildman–Crippen MR) is 72.1 cm³/mol. The molecule has 0 aromatic heterocycles. The van der Waals surface area contributed by atoms with E-state index in [0.29, 0.717) is 0 Å². The molecule has 1 atom stereocenters. The summed E-state index contributed by atoms with van der Waals surface area (Å²) in [5.41, 5.74) is 3.23. The molecule has 2 aromatic rings. The lowest BCUT2D eigenvalue weighted by Gasteiger charge is -2.09. The maximum absolute atomic E-state index is 9.71. The van der Waals surface area contributed by atoms with Crippen LogP contribution < -0.4 is 0 Å². The molecule has 0 aliphatic rings. The Morgan fingerprint density at radius 2 is 1.41 bits per heavy atom. The lowest BCUT2D eigenvalue weighted by atomic mass is 10.0. The third-order valence-corrected chi connectivity index (χ3v) is 3.11. The van der Waals surface area contributed by atoms with Crippen molar-refractivity contribution in [1.82, 2.24) is 0 Å². The van der Waals surface area contributed by atoms with Gasteiger partial charge in [-0.3, -0.25) is 0 Å². The van der Waals surface area contributed by atoms with Crippen LogP contribution in [0.2, 0.25) is 5.02 Å². The van der Waals surface area contributed by atoms with E-state index in [4.69, 9.17) is 11.6 Å². The Kier molecular flexibility index (Phi) is 3.82. The lowest BCUT2D eigenvalue weighted by molar-refractivity contribution is 0.173. The number of aliphatic hydroxyl groups excluding tert-OH is 1. The first kappa shape index (κ1) is 12.2. The minimum atomic E-state index is -0.366. The van der Waals surface area contributed by atoms with Crippen LogP contribution in [0.15, 0.2) is 48.5 Å². The Bertz CT molecular complexity index is 473. The van der Waals surface area contributed by atoms with Crippen molar-refractivity contribution in [3.8, 4) is 11.1 Å². The SMILES string of the molecule is CCC(O)c1ccc(-c2ccc(Cl)cc2)cc1. The summed E-state index contributed by atoms with van der Waals surface area (Å²) in [6, 6.07) is 15.7. The van der Waals surface area contributed by atoms with E-state index in [1.54, 1.807) is 0 Å². The van der Waals surface area contributed by atoms with Crippen LogP contribution in [0.4, 0.5) is 0 Å². The maximum Gasteiger partial charge on any atom is 0.0787 e. The van der Waals surface area contributed by atoms with Crippen molar-refractivity contribution in [2.45, 2.75) is 19.4 Å². The number of hydrogen-bond donors (Lipinski definition) is 1. The van der Waals surface area contributed by atoms with Crippen molar-refractivity contribution in [2.24, 2.45) is 0 Å². The highest BCUT2D eigenvalue weighted by Crippen LogP contribution is 2.24. The Balaban J connectivity index is 2.26. The highest BCUT2D eigenvalue weighted by Gasteiger charge is 2.04. The van der Waals surface area contributed by atoms with Gasteiger partial charge < -0.3 is 5.11 Å². The Morgan fingerprint density at radius 3 is 1.88 bits per heavy atom. The van der Waals surface area contributed by atoms with Gasteiger partial charge in [-0.2, -0.15) is 0 Å². The van der Waals surface area contributed by atoms with E-state index in [2.05, 4.69) is 0 Å². The Labute approximate surface area is 107 Å². The molecule has 88 valence electrons. The lowest BCUT2D eigenvalue weighted by Crippen LogP contribution is -1.94. The molecule has 0 aliphatic heterocycles. The van der Waals surface area contributed by atoms with Gasteiger partial charge in [0.1, 0.15) is 0 Å². The van der Waals surface area contributed by atoms with Gasteiger partial charge in [-0.25, -0.2) is 0 Å². The molecule has 0 aliphatic carbocycles. The van der Waals surface area contributed by atoms with Gasteiger partial charge in [0.2, 0.25) is 0 Å². The third kappa shape index (κ3) is 2.87. The van der Waals surface area contributed by atoms with E-state index in [1.807, 2.05) is 55.5 Å². The minimum absolute atomic E-state index is 0.366. The van der Waals surface area contributed by atoms with Gasteiger partial charge in [0.25, 0.3) is 0 Å². The zero-order valence-electron chi connectivity index (χ0n) is 9.73. The molecule has 1 unspecified atom stereocenters. The van der Waals surface area contributed by atoms with E-state index in [-0.39, 0.29) is 6.10 Å². The standard InChI is InChI=1S/C15H15ClO/c1-2-15(17)13-5-3-11(4-6-13)12-7-9-14(16)10-8-12/h3-10,15,17H,2H2,1H3. The highest BCUT2D eigenvalue weighted by atomic mass is 35.5. The third-order valence-electron chi connectivity index (χ3n) is 2.86. The fourth-order valence-electron chi connectivity index (χ4n) is 1.78. The summed E-state index contributed by atoms with van der Waals surface area (Å²) in [5.74, 6) is 0. The molecule has 0 fully saturated rings. The van der Waals surface area contributed by atoms with Crippen LogP contribution in [-0.4, -0.2) is 5.11 Å². The summed E-state index contributed by atoms with van der Waals surface area (Å²) in [4.78, 5) is 0. The summed E-state index contributed by atoms with van der Waals surface area (Å²) in [6.07, 6.45) is 0.370. The second-order valence-electron chi connectivity index (χ2n) is 4.05. The van der Waals surface area contributed by atoms with Crippen LogP contribution in [-0.2, 0) is 0 Å². The number of benzene rings is 2. The fraction of sp³-hybridized carbons (Fsp3) is 0.200. The van der Waals surface area contributed by atoms with Gasteiger partial charge in [-0.05, 0) is 35.2 Å². The van der Waals surface area contributed by atoms with Crippen LogP contribution >= 0.6 is 11.6 Å². The van der Waals surface area contributed by atoms with Gasteiger partial charge in [0.15, 0.2) is 0 Å². The summed E-state index contributed by atoms with van der Waals surface area (Å²) in [5, 5.41) is 10.5. The summed E-state index contributed by atoms with van der Waals surface area (Å²) in [7, 11) is 0. The number of rotatable bonds is 3. The van der Waals surface area contributed by atoms with Gasteiger partial charge >= 0.3 is 0 Å². The van der Waals surface area contributed by atoms with Crippen LogP contribution in [0.25, 0.3) is 11.1 Å².